The van der Waals surface area contributed by atoms with Crippen molar-refractivity contribution in [3.05, 3.63) is 103 Å². The molecule has 0 aromatic heterocycles. The first-order valence-electron chi connectivity index (χ1n) is 6.60. The summed E-state index contributed by atoms with van der Waals surface area (Å²) in [4.78, 5) is 9.87. The molecule has 1 aromatic carbocycles. The molecule has 0 aliphatic heterocycles. The van der Waals surface area contributed by atoms with Gasteiger partial charge in [0, 0.05) is 15.4 Å². The number of benzene rings is 1. The van der Waals surface area contributed by atoms with Crippen molar-refractivity contribution in [3.8, 4) is 0 Å². The Balaban J connectivity index is 0.000000258. The summed E-state index contributed by atoms with van der Waals surface area (Å²) in [7, 11) is 0. The largest absolute Gasteiger partial charge is 2.00 e. The molecule has 0 heterocycles. The predicted octanol–water partition coefficient (Wildman–Crippen LogP) is 4.30. The van der Waals surface area contributed by atoms with E-state index in [2.05, 4.69) is 71.9 Å². The van der Waals surface area contributed by atoms with Gasteiger partial charge in [0.05, 0.1) is 0 Å². The fourth-order valence-corrected chi connectivity index (χ4v) is 2.09. The molecule has 2 fully saturated rings. The quantitative estimate of drug-likeness (QED) is 0.388. The molecule has 2 aliphatic rings. The van der Waals surface area contributed by atoms with Crippen LogP contribution in [0.15, 0.2) is 30.3 Å². The predicted molar refractivity (Wildman–Crippen MR) is 95.1 cm³/mol. The summed E-state index contributed by atoms with van der Waals surface area (Å²) in [5.41, 5.74) is 1.24. The van der Waals surface area contributed by atoms with E-state index in [0.717, 1.165) is 12.2 Å². The van der Waals surface area contributed by atoms with Crippen LogP contribution in [0.4, 0.5) is 0 Å². The zero-order valence-electron chi connectivity index (χ0n) is 11.8. The summed E-state index contributed by atoms with van der Waals surface area (Å²) in [5, 5.41) is 0. The number of carbonyl (C=O) groups is 1. The number of hydrogen-bond donors (Lipinski definition) is 0. The Bertz CT molecular complexity index is 443. The number of hydrogen-bond acceptors (Lipinski definition) is 1. The van der Waals surface area contributed by atoms with Crippen molar-refractivity contribution in [2.75, 3.05) is 0 Å². The molecule has 0 unspecified atom stereocenters. The molecule has 0 N–H and O–H groups in total. The van der Waals surface area contributed by atoms with Gasteiger partial charge in [-0.05, 0) is 91.7 Å². The third-order valence-corrected chi connectivity index (χ3v) is 3.57. The van der Waals surface area contributed by atoms with Gasteiger partial charge in [0.1, 0.15) is 6.29 Å². The maximum absolute atomic E-state index is 9.87. The maximum Gasteiger partial charge on any atom is 2.00 e. The second-order valence-electron chi connectivity index (χ2n) is 4.44. The van der Waals surface area contributed by atoms with E-state index in [0.29, 0.717) is 0 Å². The van der Waals surface area contributed by atoms with Gasteiger partial charge in [0.2, 0.25) is 0 Å². The standard InChI is InChI=1S/C13H10I.C6H5O.Fe/c14-13-9-7-12(8-10-13)6-5-11-3-1-2-4-11;7-5-6-3-1-2-4-6;/h1-10H;1-5H;/q;;+2/b6-5+;;. The monoisotopic (exact) mass is 442 g/mol. The van der Waals surface area contributed by atoms with E-state index in [4.69, 9.17) is 0 Å². The first kappa shape index (κ1) is 19.9. The summed E-state index contributed by atoms with van der Waals surface area (Å²) >= 11 is 2.31. The average Bonchev–Trinajstić information content (AvgIpc) is 3.21. The molecule has 0 saturated heterocycles. The molecule has 110 valence electrons. The van der Waals surface area contributed by atoms with Gasteiger partial charge in [-0.1, -0.05) is 24.3 Å². The Morgan fingerprint density at radius 3 is 1.68 bits per heavy atom. The van der Waals surface area contributed by atoms with Crippen LogP contribution >= 0.6 is 22.6 Å². The summed E-state index contributed by atoms with van der Waals surface area (Å²) in [5.74, 6) is 2.00. The number of allylic oxidation sites excluding steroid dienone is 1. The molecule has 0 amide bonds. The molecule has 0 atom stereocenters. The third-order valence-electron chi connectivity index (χ3n) is 2.85. The van der Waals surface area contributed by atoms with E-state index in [-0.39, 0.29) is 17.1 Å². The Morgan fingerprint density at radius 1 is 0.727 bits per heavy atom. The van der Waals surface area contributed by atoms with Crippen molar-refractivity contribution in [1.82, 2.24) is 0 Å². The average molecular weight is 442 g/mol. The minimum absolute atomic E-state index is 0. The Labute approximate surface area is 158 Å². The van der Waals surface area contributed by atoms with Crippen molar-refractivity contribution < 1.29 is 21.9 Å². The number of aldehydes is 1. The fourth-order valence-electron chi connectivity index (χ4n) is 1.73. The SMILES string of the molecule is Ic1ccc(/C=C/[C]2[CH][CH][CH][CH]2)cc1.O=C[C]1[CH][CH][CH][CH]1.[Fe+2]. The van der Waals surface area contributed by atoms with Crippen LogP contribution in [0, 0.1) is 66.8 Å². The topological polar surface area (TPSA) is 17.1 Å². The van der Waals surface area contributed by atoms with Gasteiger partial charge in [-0.15, -0.1) is 0 Å². The van der Waals surface area contributed by atoms with Crippen LogP contribution in [0.3, 0.4) is 0 Å². The maximum atomic E-state index is 9.87. The van der Waals surface area contributed by atoms with Gasteiger partial charge in [-0.3, -0.25) is 0 Å². The van der Waals surface area contributed by atoms with Crippen LogP contribution < -0.4 is 0 Å². The summed E-state index contributed by atoms with van der Waals surface area (Å²) < 4.78 is 1.27. The summed E-state index contributed by atoms with van der Waals surface area (Å²) in [6, 6.07) is 8.48. The van der Waals surface area contributed by atoms with Crippen molar-refractivity contribution in [2.24, 2.45) is 0 Å². The molecule has 3 rings (SSSR count). The molecule has 3 heteroatoms. The van der Waals surface area contributed by atoms with E-state index in [1.54, 1.807) is 12.8 Å². The van der Waals surface area contributed by atoms with Crippen LogP contribution in [-0.2, 0) is 21.9 Å². The van der Waals surface area contributed by atoms with Crippen molar-refractivity contribution in [1.29, 1.82) is 0 Å². The molecule has 1 aromatic rings. The Kier molecular flexibility index (Phi) is 10.3. The van der Waals surface area contributed by atoms with Gasteiger partial charge >= 0.3 is 17.1 Å². The molecular formula is C19H15FeIO+2. The zero-order valence-corrected chi connectivity index (χ0v) is 15.1. The zero-order chi connectivity index (χ0) is 14.9. The van der Waals surface area contributed by atoms with Gasteiger partial charge < -0.3 is 4.79 Å². The second kappa shape index (κ2) is 11.4. The molecule has 10 radical (unpaired) electrons. The van der Waals surface area contributed by atoms with Crippen molar-refractivity contribution in [2.45, 2.75) is 0 Å². The first-order valence-corrected chi connectivity index (χ1v) is 7.68. The molecule has 1 nitrogen and oxygen atoms in total. The molecule has 0 spiro atoms. The van der Waals surface area contributed by atoms with Crippen LogP contribution in [0.5, 0.6) is 0 Å². The van der Waals surface area contributed by atoms with Crippen LogP contribution in [0.1, 0.15) is 5.56 Å². The van der Waals surface area contributed by atoms with E-state index < -0.39 is 0 Å². The number of carbonyl (C=O) groups excluding carboxylic acids is 1. The minimum atomic E-state index is 0. The summed E-state index contributed by atoms with van der Waals surface area (Å²) in [6.45, 7) is 0. The van der Waals surface area contributed by atoms with Crippen molar-refractivity contribution in [3.63, 3.8) is 0 Å². The number of halogens is 1. The fraction of sp³-hybridized carbons (Fsp3) is 0. The molecular weight excluding hydrogens is 427 g/mol. The molecule has 2 saturated carbocycles. The van der Waals surface area contributed by atoms with Crippen LogP contribution in [-0.4, -0.2) is 6.29 Å². The molecule has 0 bridgehead atoms. The van der Waals surface area contributed by atoms with Crippen LogP contribution in [0.25, 0.3) is 6.08 Å². The molecule has 22 heavy (non-hydrogen) atoms. The summed E-state index contributed by atoms with van der Waals surface area (Å²) in [6.07, 6.45) is 20.6. The first-order chi connectivity index (χ1) is 10.3. The van der Waals surface area contributed by atoms with E-state index in [1.807, 2.05) is 25.7 Å². The van der Waals surface area contributed by atoms with Crippen LogP contribution in [0.2, 0.25) is 0 Å². The van der Waals surface area contributed by atoms with Gasteiger partial charge in [-0.2, -0.15) is 0 Å². The third kappa shape index (κ3) is 7.43. The normalized spacial score (nSPS) is 18.8. The van der Waals surface area contributed by atoms with Crippen molar-refractivity contribution >= 4 is 35.0 Å². The van der Waals surface area contributed by atoms with Gasteiger partial charge in [0.15, 0.2) is 0 Å². The molecule has 2 aliphatic carbocycles. The number of rotatable bonds is 3. The van der Waals surface area contributed by atoms with E-state index in [1.165, 1.54) is 15.1 Å². The van der Waals surface area contributed by atoms with Gasteiger partial charge in [0.25, 0.3) is 0 Å². The Hall–Kier alpha value is -0.121. The van der Waals surface area contributed by atoms with E-state index >= 15 is 0 Å². The smallest absolute Gasteiger partial charge is 0.303 e. The van der Waals surface area contributed by atoms with E-state index in [9.17, 15) is 4.79 Å². The van der Waals surface area contributed by atoms with Gasteiger partial charge in [-0.25, -0.2) is 0 Å². The Morgan fingerprint density at radius 2 is 1.23 bits per heavy atom. The second-order valence-corrected chi connectivity index (χ2v) is 5.68. The minimum Gasteiger partial charge on any atom is -0.303 e.